The van der Waals surface area contributed by atoms with Gasteiger partial charge < -0.3 is 10.5 Å². The lowest BCUT2D eigenvalue weighted by atomic mass is 10.2. The number of anilines is 1. The third-order valence-electron chi connectivity index (χ3n) is 2.19. The lowest BCUT2D eigenvalue weighted by Crippen LogP contribution is -1.92. The topological polar surface area (TPSA) is 35.2 Å². The van der Waals surface area contributed by atoms with E-state index in [0.29, 0.717) is 22.2 Å². The first-order valence-corrected chi connectivity index (χ1v) is 5.32. The molecule has 0 saturated carbocycles. The van der Waals surface area contributed by atoms with Crippen molar-refractivity contribution in [2.75, 3.05) is 5.73 Å². The van der Waals surface area contributed by atoms with Crippen LogP contribution in [0.3, 0.4) is 0 Å². The Kier molecular flexibility index (Phi) is 3.02. The molecule has 2 rings (SSSR count). The Hall–Kier alpha value is -1.67. The van der Waals surface area contributed by atoms with Gasteiger partial charge in [0.2, 0.25) is 0 Å². The summed E-state index contributed by atoms with van der Waals surface area (Å²) in [6.45, 7) is 1.99. The van der Waals surface area contributed by atoms with Crippen molar-refractivity contribution in [2.45, 2.75) is 6.92 Å². The Morgan fingerprint density at radius 3 is 2.69 bits per heavy atom. The number of aryl methyl sites for hydroxylation is 1. The molecule has 3 heteroatoms. The number of nitrogen functional groups attached to an aromatic ring is 1. The molecule has 0 bridgehead atoms. The van der Waals surface area contributed by atoms with E-state index in [1.54, 1.807) is 12.1 Å². The van der Waals surface area contributed by atoms with Gasteiger partial charge in [-0.1, -0.05) is 23.7 Å². The van der Waals surface area contributed by atoms with Gasteiger partial charge in [-0.2, -0.15) is 0 Å². The van der Waals surface area contributed by atoms with Crippen LogP contribution in [0, 0.1) is 6.92 Å². The van der Waals surface area contributed by atoms with E-state index in [4.69, 9.17) is 22.1 Å². The molecule has 82 valence electrons. The maximum absolute atomic E-state index is 5.87. The Bertz CT molecular complexity index is 511. The van der Waals surface area contributed by atoms with Crippen LogP contribution < -0.4 is 10.5 Å². The Balaban J connectivity index is 2.30. The Morgan fingerprint density at radius 2 is 1.94 bits per heavy atom. The summed E-state index contributed by atoms with van der Waals surface area (Å²) in [6, 6.07) is 12.9. The molecular formula is C13H12ClNO. The second kappa shape index (κ2) is 4.45. The highest BCUT2D eigenvalue weighted by atomic mass is 35.5. The fraction of sp³-hybridized carbons (Fsp3) is 0.0769. The van der Waals surface area contributed by atoms with E-state index in [0.717, 1.165) is 5.56 Å². The first-order valence-electron chi connectivity index (χ1n) is 4.95. The maximum atomic E-state index is 5.87. The molecule has 0 aliphatic heterocycles. The van der Waals surface area contributed by atoms with Crippen molar-refractivity contribution in [3.05, 3.63) is 53.1 Å². The molecular weight excluding hydrogens is 222 g/mol. The van der Waals surface area contributed by atoms with Crippen molar-refractivity contribution in [1.82, 2.24) is 0 Å². The van der Waals surface area contributed by atoms with E-state index in [1.807, 2.05) is 37.3 Å². The van der Waals surface area contributed by atoms with Crippen LogP contribution in [0.15, 0.2) is 42.5 Å². The maximum Gasteiger partial charge on any atom is 0.150 e. The van der Waals surface area contributed by atoms with Gasteiger partial charge in [-0.25, -0.2) is 0 Å². The monoisotopic (exact) mass is 233 g/mol. The summed E-state index contributed by atoms with van der Waals surface area (Å²) in [5, 5.41) is 0.642. The van der Waals surface area contributed by atoms with Crippen LogP contribution in [0.25, 0.3) is 0 Å². The fourth-order valence-corrected chi connectivity index (χ4v) is 1.57. The minimum atomic E-state index is 0.616. The summed E-state index contributed by atoms with van der Waals surface area (Å²) in [4.78, 5) is 0. The molecule has 0 heterocycles. The fourth-order valence-electron chi connectivity index (χ4n) is 1.39. The summed E-state index contributed by atoms with van der Waals surface area (Å²) < 4.78 is 5.66. The van der Waals surface area contributed by atoms with Gasteiger partial charge in [0.25, 0.3) is 0 Å². The van der Waals surface area contributed by atoms with E-state index >= 15 is 0 Å². The van der Waals surface area contributed by atoms with Crippen molar-refractivity contribution in [2.24, 2.45) is 0 Å². The molecule has 0 spiro atoms. The highest BCUT2D eigenvalue weighted by Crippen LogP contribution is 2.29. The number of ether oxygens (including phenoxy) is 1. The molecule has 0 aliphatic carbocycles. The summed E-state index contributed by atoms with van der Waals surface area (Å²) in [6.07, 6.45) is 0. The van der Waals surface area contributed by atoms with Crippen molar-refractivity contribution >= 4 is 17.3 Å². The molecule has 2 N–H and O–H groups in total. The van der Waals surface area contributed by atoms with Gasteiger partial charge in [-0.3, -0.25) is 0 Å². The minimum Gasteiger partial charge on any atom is -0.455 e. The average molecular weight is 234 g/mol. The Labute approximate surface area is 99.6 Å². The molecule has 2 aromatic carbocycles. The summed E-state index contributed by atoms with van der Waals surface area (Å²) in [5.74, 6) is 1.34. The van der Waals surface area contributed by atoms with E-state index in [9.17, 15) is 0 Å². The molecule has 0 amide bonds. The average Bonchev–Trinajstić information content (AvgIpc) is 2.24. The third kappa shape index (κ3) is 2.47. The van der Waals surface area contributed by atoms with Crippen LogP contribution in [0.2, 0.25) is 5.02 Å². The number of nitrogens with two attached hydrogens (primary N) is 1. The largest absolute Gasteiger partial charge is 0.455 e. The van der Waals surface area contributed by atoms with Gasteiger partial charge in [0, 0.05) is 5.02 Å². The normalized spacial score (nSPS) is 10.1. The SMILES string of the molecule is Cc1ccc(N)c(Oc2cccc(Cl)c2)c1. The third-order valence-corrected chi connectivity index (χ3v) is 2.43. The van der Waals surface area contributed by atoms with Gasteiger partial charge in [0.15, 0.2) is 5.75 Å². The van der Waals surface area contributed by atoms with Crippen LogP contribution >= 0.6 is 11.6 Å². The molecule has 0 aliphatic rings. The van der Waals surface area contributed by atoms with Crippen LogP contribution in [0.5, 0.6) is 11.5 Å². The molecule has 2 nitrogen and oxygen atoms in total. The lowest BCUT2D eigenvalue weighted by molar-refractivity contribution is 0.485. The first-order chi connectivity index (χ1) is 7.65. The van der Waals surface area contributed by atoms with Crippen LogP contribution in [0.4, 0.5) is 5.69 Å². The molecule has 0 atom stereocenters. The standard InChI is InChI=1S/C13H12ClNO/c1-9-5-6-12(15)13(7-9)16-11-4-2-3-10(14)8-11/h2-8H,15H2,1H3. The van der Waals surface area contributed by atoms with Crippen molar-refractivity contribution < 1.29 is 4.74 Å². The number of halogens is 1. The zero-order chi connectivity index (χ0) is 11.5. The molecule has 2 aromatic rings. The summed E-state index contributed by atoms with van der Waals surface area (Å²) in [5.41, 5.74) is 7.54. The number of hydrogen-bond acceptors (Lipinski definition) is 2. The highest BCUT2D eigenvalue weighted by molar-refractivity contribution is 6.30. The summed E-state index contributed by atoms with van der Waals surface area (Å²) in [7, 11) is 0. The molecule has 0 radical (unpaired) electrons. The van der Waals surface area contributed by atoms with E-state index in [2.05, 4.69) is 0 Å². The minimum absolute atomic E-state index is 0.616. The van der Waals surface area contributed by atoms with Gasteiger partial charge in [0.05, 0.1) is 5.69 Å². The van der Waals surface area contributed by atoms with Crippen LogP contribution in [0.1, 0.15) is 5.56 Å². The van der Waals surface area contributed by atoms with Crippen molar-refractivity contribution in [3.8, 4) is 11.5 Å². The predicted octanol–water partition coefficient (Wildman–Crippen LogP) is 4.02. The highest BCUT2D eigenvalue weighted by Gasteiger charge is 2.02. The lowest BCUT2D eigenvalue weighted by Gasteiger charge is -2.09. The van der Waals surface area contributed by atoms with Gasteiger partial charge in [-0.15, -0.1) is 0 Å². The zero-order valence-corrected chi connectivity index (χ0v) is 9.66. The summed E-state index contributed by atoms with van der Waals surface area (Å²) >= 11 is 5.87. The van der Waals surface area contributed by atoms with Crippen LogP contribution in [-0.4, -0.2) is 0 Å². The van der Waals surface area contributed by atoms with E-state index in [-0.39, 0.29) is 0 Å². The quantitative estimate of drug-likeness (QED) is 0.795. The van der Waals surface area contributed by atoms with Gasteiger partial charge in [-0.05, 0) is 42.8 Å². The molecule has 0 fully saturated rings. The Morgan fingerprint density at radius 1 is 1.12 bits per heavy atom. The predicted molar refractivity (Wildman–Crippen MR) is 67.1 cm³/mol. The van der Waals surface area contributed by atoms with Crippen molar-refractivity contribution in [1.29, 1.82) is 0 Å². The van der Waals surface area contributed by atoms with E-state index in [1.165, 1.54) is 0 Å². The molecule has 16 heavy (non-hydrogen) atoms. The molecule has 0 unspecified atom stereocenters. The van der Waals surface area contributed by atoms with Gasteiger partial charge >= 0.3 is 0 Å². The molecule has 0 saturated heterocycles. The van der Waals surface area contributed by atoms with Crippen molar-refractivity contribution in [3.63, 3.8) is 0 Å². The zero-order valence-electron chi connectivity index (χ0n) is 8.91. The molecule has 0 aromatic heterocycles. The second-order valence-corrected chi connectivity index (χ2v) is 4.04. The number of hydrogen-bond donors (Lipinski definition) is 1. The van der Waals surface area contributed by atoms with Gasteiger partial charge in [0.1, 0.15) is 5.75 Å². The number of benzene rings is 2. The van der Waals surface area contributed by atoms with E-state index < -0.39 is 0 Å². The smallest absolute Gasteiger partial charge is 0.150 e. The number of rotatable bonds is 2. The second-order valence-electron chi connectivity index (χ2n) is 3.60. The first kappa shape index (κ1) is 10.8. The van der Waals surface area contributed by atoms with Crippen LogP contribution in [-0.2, 0) is 0 Å².